The molecule has 2 saturated heterocycles. The van der Waals surface area contributed by atoms with Gasteiger partial charge in [0.05, 0.1) is 6.54 Å². The fourth-order valence-electron chi connectivity index (χ4n) is 3.94. The summed E-state index contributed by atoms with van der Waals surface area (Å²) in [7, 11) is 0. The lowest BCUT2D eigenvalue weighted by Crippen LogP contribution is -2.41. The number of hydrogen-bond acceptors (Lipinski definition) is 4. The molecule has 3 rings (SSSR count). The fourth-order valence-corrected chi connectivity index (χ4v) is 5.32. The average molecular weight is 281 g/mol. The Kier molecular flexibility index (Phi) is 4.37. The van der Waals surface area contributed by atoms with Crippen LogP contribution in [0.15, 0.2) is 4.99 Å². The summed E-state index contributed by atoms with van der Waals surface area (Å²) >= 11 is 2.01. The molecule has 3 atom stereocenters. The average Bonchev–Trinajstić information content (AvgIpc) is 3.10. The molecule has 108 valence electrons. The molecule has 0 amide bonds. The molecule has 19 heavy (non-hydrogen) atoms. The summed E-state index contributed by atoms with van der Waals surface area (Å²) in [5.74, 6) is 0.833. The van der Waals surface area contributed by atoms with Gasteiger partial charge in [-0.3, -0.25) is 9.89 Å². The highest BCUT2D eigenvalue weighted by Gasteiger charge is 2.38. The number of fused-ring (bicyclic) bond motifs is 1. The lowest BCUT2D eigenvalue weighted by atomic mass is 9.99. The summed E-state index contributed by atoms with van der Waals surface area (Å²) < 4.78 is 0. The zero-order valence-corrected chi connectivity index (χ0v) is 13.1. The van der Waals surface area contributed by atoms with Gasteiger partial charge in [-0.2, -0.15) is 0 Å². The van der Waals surface area contributed by atoms with Crippen molar-refractivity contribution in [2.24, 2.45) is 10.9 Å². The van der Waals surface area contributed by atoms with Crippen LogP contribution in [0.4, 0.5) is 0 Å². The van der Waals surface area contributed by atoms with Gasteiger partial charge in [-0.25, -0.2) is 0 Å². The van der Waals surface area contributed by atoms with Crippen molar-refractivity contribution in [1.82, 2.24) is 10.2 Å². The van der Waals surface area contributed by atoms with E-state index in [0.29, 0.717) is 6.04 Å². The van der Waals surface area contributed by atoms with E-state index >= 15 is 0 Å². The lowest BCUT2D eigenvalue weighted by Gasteiger charge is -2.23. The van der Waals surface area contributed by atoms with Crippen molar-refractivity contribution in [3.63, 3.8) is 0 Å². The summed E-state index contributed by atoms with van der Waals surface area (Å²) in [6.07, 6.45) is 6.65. The molecule has 0 saturated carbocycles. The van der Waals surface area contributed by atoms with Gasteiger partial charge in [0.2, 0.25) is 0 Å². The highest BCUT2D eigenvalue weighted by molar-refractivity contribution is 8.14. The smallest absolute Gasteiger partial charge is 0.157 e. The predicted octanol–water partition coefficient (Wildman–Crippen LogP) is 2.72. The Balaban J connectivity index is 1.52. The first-order chi connectivity index (χ1) is 9.31. The number of nitrogens with one attached hydrogen (secondary N) is 1. The Bertz CT molecular complexity index is 340. The predicted molar refractivity (Wildman–Crippen MR) is 83.9 cm³/mol. The molecule has 3 aliphatic rings. The molecule has 0 aromatic carbocycles. The Morgan fingerprint density at radius 1 is 1.32 bits per heavy atom. The Hall–Kier alpha value is -0.220. The minimum absolute atomic E-state index is 0.661. The second-order valence-electron chi connectivity index (χ2n) is 6.16. The normalized spacial score (nSPS) is 34.9. The summed E-state index contributed by atoms with van der Waals surface area (Å²) in [5, 5.41) is 5.71. The van der Waals surface area contributed by atoms with Crippen molar-refractivity contribution in [2.75, 3.05) is 19.6 Å². The molecule has 3 aliphatic heterocycles. The van der Waals surface area contributed by atoms with E-state index in [2.05, 4.69) is 24.1 Å². The molecule has 1 N–H and O–H groups in total. The zero-order valence-electron chi connectivity index (χ0n) is 12.3. The minimum Gasteiger partial charge on any atom is -0.361 e. The van der Waals surface area contributed by atoms with Crippen LogP contribution in [0.5, 0.6) is 0 Å². The van der Waals surface area contributed by atoms with E-state index in [1.54, 1.807) is 0 Å². The lowest BCUT2D eigenvalue weighted by molar-refractivity contribution is 0.308. The number of rotatable bonds is 4. The minimum atomic E-state index is 0.661. The van der Waals surface area contributed by atoms with E-state index < -0.39 is 0 Å². The first-order valence-electron chi connectivity index (χ1n) is 8.03. The first kappa shape index (κ1) is 13.7. The molecule has 3 heterocycles. The van der Waals surface area contributed by atoms with Crippen LogP contribution < -0.4 is 5.32 Å². The molecular formula is C15H27N3S. The molecule has 0 radical (unpaired) electrons. The van der Waals surface area contributed by atoms with Crippen molar-refractivity contribution in [3.8, 4) is 0 Å². The SMILES string of the molecule is CCC(CC)C1CN=C(NC2CCN3CCCC23)S1. The molecule has 0 aromatic rings. The largest absolute Gasteiger partial charge is 0.361 e. The van der Waals surface area contributed by atoms with Crippen molar-refractivity contribution >= 4 is 16.9 Å². The quantitative estimate of drug-likeness (QED) is 0.858. The molecule has 0 aromatic heterocycles. The molecule has 0 aliphatic carbocycles. The summed E-state index contributed by atoms with van der Waals surface area (Å²) in [4.78, 5) is 7.42. The Morgan fingerprint density at radius 2 is 2.16 bits per heavy atom. The topological polar surface area (TPSA) is 27.6 Å². The van der Waals surface area contributed by atoms with E-state index in [0.717, 1.165) is 23.8 Å². The summed E-state index contributed by atoms with van der Waals surface area (Å²) in [6.45, 7) is 8.26. The van der Waals surface area contributed by atoms with Crippen LogP contribution in [-0.4, -0.2) is 47.0 Å². The van der Waals surface area contributed by atoms with Gasteiger partial charge in [0, 0.05) is 23.9 Å². The number of nitrogens with zero attached hydrogens (tertiary/aromatic N) is 2. The van der Waals surface area contributed by atoms with Gasteiger partial charge in [0.25, 0.3) is 0 Å². The molecule has 2 fully saturated rings. The number of hydrogen-bond donors (Lipinski definition) is 1. The van der Waals surface area contributed by atoms with Gasteiger partial charge in [-0.1, -0.05) is 38.5 Å². The van der Waals surface area contributed by atoms with Gasteiger partial charge in [-0.05, 0) is 31.7 Å². The van der Waals surface area contributed by atoms with E-state index in [4.69, 9.17) is 4.99 Å². The zero-order chi connectivity index (χ0) is 13.2. The second kappa shape index (κ2) is 6.04. The standard InChI is InChI=1S/C15H27N3S/c1-3-11(4-2)14-10-16-15(19-14)17-12-7-9-18-8-5-6-13(12)18/h11-14H,3-10H2,1-2H3,(H,16,17). The van der Waals surface area contributed by atoms with E-state index in [-0.39, 0.29) is 0 Å². The molecular weight excluding hydrogens is 254 g/mol. The highest BCUT2D eigenvalue weighted by Crippen LogP contribution is 2.32. The van der Waals surface area contributed by atoms with Crippen LogP contribution in [0.2, 0.25) is 0 Å². The first-order valence-corrected chi connectivity index (χ1v) is 8.91. The van der Waals surface area contributed by atoms with Crippen LogP contribution >= 0.6 is 11.8 Å². The third kappa shape index (κ3) is 2.80. The van der Waals surface area contributed by atoms with Crippen LogP contribution in [0, 0.1) is 5.92 Å². The van der Waals surface area contributed by atoms with Gasteiger partial charge >= 0.3 is 0 Å². The van der Waals surface area contributed by atoms with Crippen molar-refractivity contribution in [3.05, 3.63) is 0 Å². The van der Waals surface area contributed by atoms with Crippen LogP contribution in [-0.2, 0) is 0 Å². The van der Waals surface area contributed by atoms with Gasteiger partial charge < -0.3 is 5.32 Å². The monoisotopic (exact) mass is 281 g/mol. The van der Waals surface area contributed by atoms with E-state index in [1.165, 1.54) is 50.4 Å². The molecule has 4 heteroatoms. The fraction of sp³-hybridized carbons (Fsp3) is 0.933. The third-order valence-corrected chi connectivity index (χ3v) is 6.47. The second-order valence-corrected chi connectivity index (χ2v) is 7.39. The summed E-state index contributed by atoms with van der Waals surface area (Å²) in [5.41, 5.74) is 0. The number of amidine groups is 1. The van der Waals surface area contributed by atoms with Crippen LogP contribution in [0.25, 0.3) is 0 Å². The molecule has 3 unspecified atom stereocenters. The molecule has 0 bridgehead atoms. The van der Waals surface area contributed by atoms with E-state index in [1.807, 2.05) is 11.8 Å². The highest BCUT2D eigenvalue weighted by atomic mass is 32.2. The van der Waals surface area contributed by atoms with Crippen LogP contribution in [0.1, 0.15) is 46.0 Å². The number of thioether (sulfide) groups is 1. The van der Waals surface area contributed by atoms with Crippen molar-refractivity contribution < 1.29 is 0 Å². The van der Waals surface area contributed by atoms with Gasteiger partial charge in [0.1, 0.15) is 0 Å². The Morgan fingerprint density at radius 3 is 2.95 bits per heavy atom. The Labute approximate surface area is 121 Å². The maximum atomic E-state index is 4.76. The van der Waals surface area contributed by atoms with E-state index in [9.17, 15) is 0 Å². The van der Waals surface area contributed by atoms with Crippen molar-refractivity contribution in [2.45, 2.75) is 63.3 Å². The molecule has 0 spiro atoms. The van der Waals surface area contributed by atoms with Crippen molar-refractivity contribution in [1.29, 1.82) is 0 Å². The van der Waals surface area contributed by atoms with Gasteiger partial charge in [-0.15, -0.1) is 0 Å². The van der Waals surface area contributed by atoms with Crippen LogP contribution in [0.3, 0.4) is 0 Å². The number of aliphatic imine (C=N–C) groups is 1. The van der Waals surface area contributed by atoms with Gasteiger partial charge in [0.15, 0.2) is 5.17 Å². The summed E-state index contributed by atoms with van der Waals surface area (Å²) in [6, 6.07) is 1.45. The third-order valence-electron chi connectivity index (χ3n) is 5.17. The maximum absolute atomic E-state index is 4.76. The molecule has 3 nitrogen and oxygen atoms in total. The maximum Gasteiger partial charge on any atom is 0.157 e.